The van der Waals surface area contributed by atoms with Gasteiger partial charge in [-0.1, -0.05) is 12.1 Å². The zero-order valence-corrected chi connectivity index (χ0v) is 11.9. The van der Waals surface area contributed by atoms with Crippen LogP contribution in [0.15, 0.2) is 24.3 Å². The van der Waals surface area contributed by atoms with Gasteiger partial charge in [0.1, 0.15) is 11.8 Å². The standard InChI is InChI=1S/C15H23N3O/c1-18(2)10-4-3-9-17-13-14-6-5-7-15(12-14)19-11-8-16/h5-7,12,17H,3-4,9-11,13H2,1-2H3. The lowest BCUT2D eigenvalue weighted by Gasteiger charge is -2.10. The zero-order valence-electron chi connectivity index (χ0n) is 11.9. The second-order valence-electron chi connectivity index (χ2n) is 4.78. The molecule has 4 heteroatoms. The summed E-state index contributed by atoms with van der Waals surface area (Å²) < 4.78 is 5.27. The summed E-state index contributed by atoms with van der Waals surface area (Å²) in [6.45, 7) is 3.10. The molecule has 1 N–H and O–H groups in total. The molecule has 0 aliphatic rings. The largest absolute Gasteiger partial charge is 0.479 e. The Balaban J connectivity index is 2.20. The SMILES string of the molecule is CN(C)CCCCNCc1cccc(OCC#N)c1. The summed E-state index contributed by atoms with van der Waals surface area (Å²) in [6.07, 6.45) is 2.40. The minimum atomic E-state index is 0.0986. The van der Waals surface area contributed by atoms with Crippen molar-refractivity contribution in [3.63, 3.8) is 0 Å². The molecular formula is C15H23N3O. The highest BCUT2D eigenvalue weighted by Gasteiger charge is 1.97. The third-order valence-corrected chi connectivity index (χ3v) is 2.74. The van der Waals surface area contributed by atoms with Crippen LogP contribution >= 0.6 is 0 Å². The normalized spacial score (nSPS) is 10.4. The van der Waals surface area contributed by atoms with Gasteiger partial charge in [-0.05, 0) is 57.7 Å². The number of unbranched alkanes of at least 4 members (excludes halogenated alkanes) is 1. The van der Waals surface area contributed by atoms with Crippen LogP contribution in [0.2, 0.25) is 0 Å². The van der Waals surface area contributed by atoms with Crippen molar-refractivity contribution >= 4 is 0 Å². The topological polar surface area (TPSA) is 48.3 Å². The maximum absolute atomic E-state index is 8.47. The molecule has 0 saturated carbocycles. The fourth-order valence-electron chi connectivity index (χ4n) is 1.77. The van der Waals surface area contributed by atoms with E-state index in [1.165, 1.54) is 18.4 Å². The highest BCUT2D eigenvalue weighted by molar-refractivity contribution is 5.28. The minimum Gasteiger partial charge on any atom is -0.479 e. The second kappa shape index (κ2) is 9.37. The van der Waals surface area contributed by atoms with Gasteiger partial charge < -0.3 is 15.0 Å². The molecule has 19 heavy (non-hydrogen) atoms. The Kier molecular flexibility index (Phi) is 7.64. The average Bonchev–Trinajstić information content (AvgIpc) is 2.40. The van der Waals surface area contributed by atoms with Gasteiger partial charge in [0.25, 0.3) is 0 Å². The number of nitrogens with one attached hydrogen (secondary N) is 1. The van der Waals surface area contributed by atoms with Crippen molar-refractivity contribution in [1.82, 2.24) is 10.2 Å². The molecule has 0 aromatic heterocycles. The van der Waals surface area contributed by atoms with Crippen molar-refractivity contribution in [2.24, 2.45) is 0 Å². The summed E-state index contributed by atoms with van der Waals surface area (Å²) in [7, 11) is 4.19. The van der Waals surface area contributed by atoms with E-state index in [4.69, 9.17) is 10.00 Å². The second-order valence-corrected chi connectivity index (χ2v) is 4.78. The van der Waals surface area contributed by atoms with Crippen LogP contribution in [-0.2, 0) is 6.54 Å². The number of rotatable bonds is 9. The molecule has 0 aliphatic carbocycles. The first kappa shape index (κ1) is 15.5. The first-order valence-corrected chi connectivity index (χ1v) is 6.66. The van der Waals surface area contributed by atoms with Crippen LogP contribution in [0.5, 0.6) is 5.75 Å². The molecule has 0 unspecified atom stereocenters. The van der Waals surface area contributed by atoms with Gasteiger partial charge in [-0.3, -0.25) is 0 Å². The van der Waals surface area contributed by atoms with Crippen molar-refractivity contribution in [3.05, 3.63) is 29.8 Å². The minimum absolute atomic E-state index is 0.0986. The van der Waals surface area contributed by atoms with E-state index in [1.54, 1.807) is 0 Å². The van der Waals surface area contributed by atoms with Crippen LogP contribution in [0.1, 0.15) is 18.4 Å². The van der Waals surface area contributed by atoms with Crippen LogP contribution in [0, 0.1) is 11.3 Å². The molecule has 1 aromatic carbocycles. The monoisotopic (exact) mass is 261 g/mol. The van der Waals surface area contributed by atoms with Crippen molar-refractivity contribution in [3.8, 4) is 11.8 Å². The molecule has 0 aliphatic heterocycles. The first-order chi connectivity index (χ1) is 9.22. The quantitative estimate of drug-likeness (QED) is 0.691. The number of nitriles is 1. The highest BCUT2D eigenvalue weighted by Crippen LogP contribution is 2.12. The summed E-state index contributed by atoms with van der Waals surface area (Å²) in [5.74, 6) is 0.758. The number of hydrogen-bond acceptors (Lipinski definition) is 4. The van der Waals surface area contributed by atoms with Gasteiger partial charge >= 0.3 is 0 Å². The number of benzene rings is 1. The molecule has 0 radical (unpaired) electrons. The van der Waals surface area contributed by atoms with Crippen LogP contribution < -0.4 is 10.1 Å². The van der Waals surface area contributed by atoms with E-state index < -0.39 is 0 Å². The number of nitrogens with zero attached hydrogens (tertiary/aromatic N) is 2. The Morgan fingerprint density at radius 3 is 2.89 bits per heavy atom. The first-order valence-electron chi connectivity index (χ1n) is 6.66. The molecule has 1 rings (SSSR count). The van der Waals surface area contributed by atoms with Crippen LogP contribution in [-0.4, -0.2) is 38.7 Å². The van der Waals surface area contributed by atoms with Crippen LogP contribution in [0.3, 0.4) is 0 Å². The van der Waals surface area contributed by atoms with Crippen molar-refractivity contribution in [2.45, 2.75) is 19.4 Å². The van der Waals surface area contributed by atoms with Gasteiger partial charge in [-0.15, -0.1) is 0 Å². The third kappa shape index (κ3) is 7.45. The smallest absolute Gasteiger partial charge is 0.174 e. The summed E-state index contributed by atoms with van der Waals surface area (Å²) in [5.41, 5.74) is 1.18. The lowest BCUT2D eigenvalue weighted by molar-refractivity contribution is 0.367. The maximum atomic E-state index is 8.47. The van der Waals surface area contributed by atoms with E-state index in [0.717, 1.165) is 25.4 Å². The molecule has 0 heterocycles. The van der Waals surface area contributed by atoms with Gasteiger partial charge in [-0.2, -0.15) is 5.26 Å². The lowest BCUT2D eigenvalue weighted by Crippen LogP contribution is -2.18. The average molecular weight is 261 g/mol. The lowest BCUT2D eigenvalue weighted by atomic mass is 10.2. The molecule has 0 saturated heterocycles. The van der Waals surface area contributed by atoms with Gasteiger partial charge in [0, 0.05) is 6.54 Å². The predicted molar refractivity (Wildman–Crippen MR) is 77.0 cm³/mol. The third-order valence-electron chi connectivity index (χ3n) is 2.74. The molecule has 0 bridgehead atoms. The molecule has 0 atom stereocenters. The van der Waals surface area contributed by atoms with Crippen molar-refractivity contribution in [1.29, 1.82) is 5.26 Å². The van der Waals surface area contributed by atoms with E-state index in [2.05, 4.69) is 30.4 Å². The molecule has 0 fully saturated rings. The predicted octanol–water partition coefficient (Wildman–Crippen LogP) is 2.02. The molecule has 0 amide bonds. The zero-order chi connectivity index (χ0) is 13.9. The summed E-state index contributed by atoms with van der Waals surface area (Å²) in [5, 5.41) is 11.9. The molecule has 0 spiro atoms. The molecule has 4 nitrogen and oxygen atoms in total. The summed E-state index contributed by atoms with van der Waals surface area (Å²) in [4.78, 5) is 2.20. The Morgan fingerprint density at radius 1 is 1.32 bits per heavy atom. The van der Waals surface area contributed by atoms with Crippen LogP contribution in [0.4, 0.5) is 0 Å². The van der Waals surface area contributed by atoms with Crippen molar-refractivity contribution in [2.75, 3.05) is 33.8 Å². The Labute approximate surface area is 116 Å². The van der Waals surface area contributed by atoms with Gasteiger partial charge in [-0.25, -0.2) is 0 Å². The fraction of sp³-hybridized carbons (Fsp3) is 0.533. The van der Waals surface area contributed by atoms with E-state index in [9.17, 15) is 0 Å². The summed E-state index contributed by atoms with van der Waals surface area (Å²) >= 11 is 0. The van der Waals surface area contributed by atoms with Gasteiger partial charge in [0.05, 0.1) is 0 Å². The Morgan fingerprint density at radius 2 is 2.16 bits per heavy atom. The van der Waals surface area contributed by atoms with Crippen molar-refractivity contribution < 1.29 is 4.74 Å². The molecular weight excluding hydrogens is 238 g/mol. The van der Waals surface area contributed by atoms with E-state index in [0.29, 0.717) is 0 Å². The Bertz CT molecular complexity index is 399. The van der Waals surface area contributed by atoms with E-state index in [-0.39, 0.29) is 6.61 Å². The van der Waals surface area contributed by atoms with Gasteiger partial charge in [0.15, 0.2) is 6.61 Å². The van der Waals surface area contributed by atoms with E-state index in [1.807, 2.05) is 24.3 Å². The van der Waals surface area contributed by atoms with E-state index >= 15 is 0 Å². The Hall–Kier alpha value is -1.57. The highest BCUT2D eigenvalue weighted by atomic mass is 16.5. The van der Waals surface area contributed by atoms with Gasteiger partial charge in [0.2, 0.25) is 0 Å². The summed E-state index contributed by atoms with van der Waals surface area (Å²) in [6, 6.07) is 9.83. The maximum Gasteiger partial charge on any atom is 0.174 e. The molecule has 104 valence electrons. The molecule has 1 aromatic rings. The fourth-order valence-corrected chi connectivity index (χ4v) is 1.77. The van der Waals surface area contributed by atoms with Crippen LogP contribution in [0.25, 0.3) is 0 Å². The number of hydrogen-bond donors (Lipinski definition) is 1. The number of ether oxygens (including phenoxy) is 1.